The molecule has 0 aromatic heterocycles. The Morgan fingerprint density at radius 2 is 2.08 bits per heavy atom. The zero-order chi connectivity index (χ0) is 10.4. The molecule has 0 aromatic rings. The molecule has 0 aromatic carbocycles. The number of carbonyl (C=O) groups excluding carboxylic acids is 1. The predicted molar refractivity (Wildman–Crippen MR) is 46.6 cm³/mol. The van der Waals surface area contributed by atoms with Gasteiger partial charge < -0.3 is 16.6 Å². The summed E-state index contributed by atoms with van der Waals surface area (Å²) in [5.74, 6) is -1.55. The maximum Gasteiger partial charge on any atom is 0.320 e. The molecule has 1 unspecified atom stereocenters. The molecule has 1 amide bonds. The Balaban J connectivity index is 3.95. The number of primary amides is 1. The summed E-state index contributed by atoms with van der Waals surface area (Å²) >= 11 is 0. The van der Waals surface area contributed by atoms with E-state index in [9.17, 15) is 9.59 Å². The SMILES string of the molecule is CC(N)N[C@@H](CCC(N)=O)C(=O)O. The second kappa shape index (κ2) is 5.50. The van der Waals surface area contributed by atoms with E-state index in [0.717, 1.165) is 0 Å². The van der Waals surface area contributed by atoms with Crippen molar-refractivity contribution in [3.63, 3.8) is 0 Å². The molecule has 0 heterocycles. The highest BCUT2D eigenvalue weighted by Crippen LogP contribution is 1.97. The first kappa shape index (κ1) is 11.9. The highest BCUT2D eigenvalue weighted by atomic mass is 16.4. The van der Waals surface area contributed by atoms with E-state index in [-0.39, 0.29) is 12.8 Å². The van der Waals surface area contributed by atoms with Gasteiger partial charge in [0.05, 0.1) is 6.17 Å². The van der Waals surface area contributed by atoms with Crippen molar-refractivity contribution < 1.29 is 14.7 Å². The lowest BCUT2D eigenvalue weighted by molar-refractivity contribution is -0.139. The summed E-state index contributed by atoms with van der Waals surface area (Å²) < 4.78 is 0. The number of amides is 1. The molecular weight excluding hydrogens is 174 g/mol. The fourth-order valence-corrected chi connectivity index (χ4v) is 0.882. The van der Waals surface area contributed by atoms with Gasteiger partial charge >= 0.3 is 5.97 Å². The summed E-state index contributed by atoms with van der Waals surface area (Å²) in [6, 6.07) is -0.813. The summed E-state index contributed by atoms with van der Waals surface area (Å²) in [6.07, 6.45) is -0.225. The Morgan fingerprint density at radius 3 is 2.38 bits per heavy atom. The molecule has 0 rings (SSSR count). The fraction of sp³-hybridized carbons (Fsp3) is 0.714. The molecule has 0 saturated heterocycles. The third-order valence-electron chi connectivity index (χ3n) is 1.44. The van der Waals surface area contributed by atoms with Gasteiger partial charge in [0.1, 0.15) is 6.04 Å². The number of hydrogen-bond acceptors (Lipinski definition) is 4. The van der Waals surface area contributed by atoms with Crippen LogP contribution in [0.2, 0.25) is 0 Å². The van der Waals surface area contributed by atoms with Gasteiger partial charge in [0.25, 0.3) is 0 Å². The summed E-state index contributed by atoms with van der Waals surface area (Å²) in [5.41, 5.74) is 10.2. The van der Waals surface area contributed by atoms with E-state index < -0.39 is 24.1 Å². The lowest BCUT2D eigenvalue weighted by atomic mass is 10.1. The Morgan fingerprint density at radius 1 is 1.54 bits per heavy atom. The van der Waals surface area contributed by atoms with Crippen LogP contribution in [0.4, 0.5) is 0 Å². The van der Waals surface area contributed by atoms with E-state index in [1.165, 1.54) is 0 Å². The first-order valence-electron chi connectivity index (χ1n) is 3.96. The van der Waals surface area contributed by atoms with Gasteiger partial charge in [0.2, 0.25) is 5.91 Å². The number of hydrogen-bond donors (Lipinski definition) is 4. The topological polar surface area (TPSA) is 118 Å². The van der Waals surface area contributed by atoms with Crippen LogP contribution in [0.1, 0.15) is 19.8 Å². The average molecular weight is 189 g/mol. The highest BCUT2D eigenvalue weighted by molar-refractivity contribution is 5.77. The van der Waals surface area contributed by atoms with Crippen molar-refractivity contribution in [3.8, 4) is 0 Å². The number of nitrogens with two attached hydrogens (primary N) is 2. The Labute approximate surface area is 76.3 Å². The normalized spacial score (nSPS) is 14.9. The first-order valence-corrected chi connectivity index (χ1v) is 3.96. The van der Waals surface area contributed by atoms with Crippen LogP contribution in [-0.4, -0.2) is 29.2 Å². The standard InChI is InChI=1S/C7H15N3O3/c1-4(8)10-5(7(12)13)2-3-6(9)11/h4-5,10H,2-3,8H2,1H3,(H2,9,11)(H,12,13)/t4?,5-/m0/s1. The van der Waals surface area contributed by atoms with Crippen molar-refractivity contribution >= 4 is 11.9 Å². The van der Waals surface area contributed by atoms with E-state index >= 15 is 0 Å². The largest absolute Gasteiger partial charge is 0.480 e. The van der Waals surface area contributed by atoms with E-state index in [1.54, 1.807) is 6.92 Å². The van der Waals surface area contributed by atoms with Crippen molar-refractivity contribution in [1.29, 1.82) is 0 Å². The Kier molecular flexibility index (Phi) is 5.01. The minimum atomic E-state index is -1.03. The molecule has 0 bridgehead atoms. The molecule has 6 N–H and O–H groups in total. The number of rotatable bonds is 6. The van der Waals surface area contributed by atoms with Crippen LogP contribution >= 0.6 is 0 Å². The third kappa shape index (κ3) is 6.06. The van der Waals surface area contributed by atoms with Gasteiger partial charge in [-0.1, -0.05) is 0 Å². The van der Waals surface area contributed by atoms with E-state index in [1.807, 2.05) is 0 Å². The van der Waals surface area contributed by atoms with Crippen molar-refractivity contribution in [2.75, 3.05) is 0 Å². The molecule has 0 saturated carbocycles. The van der Waals surface area contributed by atoms with Crippen LogP contribution < -0.4 is 16.8 Å². The van der Waals surface area contributed by atoms with Crippen molar-refractivity contribution in [2.45, 2.75) is 32.0 Å². The number of carboxylic acids is 1. The summed E-state index contributed by atoms with van der Waals surface area (Å²) in [7, 11) is 0. The lowest BCUT2D eigenvalue weighted by Gasteiger charge is -2.15. The molecule has 13 heavy (non-hydrogen) atoms. The van der Waals surface area contributed by atoms with Crippen LogP contribution in [0.25, 0.3) is 0 Å². The quantitative estimate of drug-likeness (QED) is 0.383. The molecule has 0 aliphatic carbocycles. The maximum atomic E-state index is 10.6. The Hall–Kier alpha value is -1.14. The minimum Gasteiger partial charge on any atom is -0.480 e. The molecule has 6 nitrogen and oxygen atoms in total. The molecule has 0 fully saturated rings. The molecule has 76 valence electrons. The molecular formula is C7H15N3O3. The van der Waals surface area contributed by atoms with Gasteiger partial charge in [-0.3, -0.25) is 14.9 Å². The molecule has 0 spiro atoms. The van der Waals surface area contributed by atoms with Crippen LogP contribution in [0, 0.1) is 0 Å². The second-order valence-corrected chi connectivity index (χ2v) is 2.85. The molecule has 6 heteroatoms. The van der Waals surface area contributed by atoms with Gasteiger partial charge in [0, 0.05) is 6.42 Å². The summed E-state index contributed by atoms with van der Waals surface area (Å²) in [4.78, 5) is 21.0. The first-order chi connectivity index (χ1) is 5.93. The number of nitrogens with one attached hydrogen (secondary N) is 1. The van der Waals surface area contributed by atoms with Crippen molar-refractivity contribution in [2.24, 2.45) is 11.5 Å². The minimum absolute atomic E-state index is 0.0384. The van der Waals surface area contributed by atoms with Gasteiger partial charge in [-0.25, -0.2) is 0 Å². The predicted octanol–water partition coefficient (Wildman–Crippen LogP) is -1.40. The van der Waals surface area contributed by atoms with Crippen LogP contribution in [0.3, 0.4) is 0 Å². The van der Waals surface area contributed by atoms with Gasteiger partial charge in [-0.2, -0.15) is 0 Å². The highest BCUT2D eigenvalue weighted by Gasteiger charge is 2.18. The van der Waals surface area contributed by atoms with Gasteiger partial charge in [0.15, 0.2) is 0 Å². The number of carboxylic acid groups (broad SMARTS) is 1. The molecule has 0 radical (unpaired) electrons. The third-order valence-corrected chi connectivity index (χ3v) is 1.44. The molecule has 0 aliphatic heterocycles. The molecule has 2 atom stereocenters. The van der Waals surface area contributed by atoms with Gasteiger partial charge in [-0.05, 0) is 13.3 Å². The maximum absolute atomic E-state index is 10.6. The fourth-order valence-electron chi connectivity index (χ4n) is 0.882. The molecule has 0 aliphatic rings. The average Bonchev–Trinajstić information content (AvgIpc) is 1.96. The zero-order valence-corrected chi connectivity index (χ0v) is 7.49. The van der Waals surface area contributed by atoms with Crippen LogP contribution in [0.15, 0.2) is 0 Å². The second-order valence-electron chi connectivity index (χ2n) is 2.85. The lowest BCUT2D eigenvalue weighted by Crippen LogP contribution is -2.46. The summed E-state index contributed by atoms with van der Waals surface area (Å²) in [5, 5.41) is 11.3. The van der Waals surface area contributed by atoms with E-state index in [0.29, 0.717) is 0 Å². The Bertz CT molecular complexity index is 193. The van der Waals surface area contributed by atoms with Crippen LogP contribution in [0.5, 0.6) is 0 Å². The summed E-state index contributed by atoms with van der Waals surface area (Å²) in [6.45, 7) is 1.63. The number of aliphatic carboxylic acids is 1. The zero-order valence-electron chi connectivity index (χ0n) is 7.49. The van der Waals surface area contributed by atoms with E-state index in [4.69, 9.17) is 16.6 Å². The van der Waals surface area contributed by atoms with Crippen molar-refractivity contribution in [1.82, 2.24) is 5.32 Å². The van der Waals surface area contributed by atoms with Gasteiger partial charge in [-0.15, -0.1) is 0 Å². The van der Waals surface area contributed by atoms with Crippen LogP contribution in [-0.2, 0) is 9.59 Å². The number of carbonyl (C=O) groups is 2. The monoisotopic (exact) mass is 189 g/mol. The van der Waals surface area contributed by atoms with Crippen molar-refractivity contribution in [3.05, 3.63) is 0 Å². The van der Waals surface area contributed by atoms with E-state index in [2.05, 4.69) is 5.32 Å². The smallest absolute Gasteiger partial charge is 0.320 e.